The third-order valence-electron chi connectivity index (χ3n) is 2.87. The summed E-state index contributed by atoms with van der Waals surface area (Å²) >= 11 is 0. The number of phenols is 1. The van der Waals surface area contributed by atoms with Crippen LogP contribution in [0.1, 0.15) is 32.3 Å². The first kappa shape index (κ1) is 14.0. The first-order valence-corrected chi connectivity index (χ1v) is 6.34. The van der Waals surface area contributed by atoms with Crippen LogP contribution in [-0.2, 0) is 6.54 Å². The summed E-state index contributed by atoms with van der Waals surface area (Å²) in [6, 6.07) is 7.38. The van der Waals surface area contributed by atoms with Gasteiger partial charge >= 0.3 is 0 Å². The van der Waals surface area contributed by atoms with Crippen molar-refractivity contribution in [2.45, 2.75) is 39.3 Å². The van der Waals surface area contributed by atoms with Crippen LogP contribution in [-0.4, -0.2) is 34.3 Å². The number of nitrogens with zero attached hydrogens (tertiary/aromatic N) is 1. The Labute approximate surface area is 104 Å². The number of hydrogen-bond donors (Lipinski definition) is 2. The molecule has 96 valence electrons. The van der Waals surface area contributed by atoms with E-state index in [9.17, 15) is 10.2 Å². The Morgan fingerprint density at radius 2 is 1.94 bits per heavy atom. The highest BCUT2D eigenvalue weighted by molar-refractivity contribution is 5.31. The first-order valence-electron chi connectivity index (χ1n) is 6.34. The van der Waals surface area contributed by atoms with Crippen molar-refractivity contribution in [3.63, 3.8) is 0 Å². The van der Waals surface area contributed by atoms with Crippen LogP contribution in [0.3, 0.4) is 0 Å². The molecule has 0 unspecified atom stereocenters. The zero-order valence-corrected chi connectivity index (χ0v) is 10.8. The molecule has 0 spiro atoms. The molecule has 0 saturated carbocycles. The van der Waals surface area contributed by atoms with Gasteiger partial charge in [-0.25, -0.2) is 0 Å². The molecule has 17 heavy (non-hydrogen) atoms. The molecular formula is C14H23NO2. The van der Waals surface area contributed by atoms with Crippen LogP contribution < -0.4 is 0 Å². The molecule has 0 heterocycles. The molecule has 1 rings (SSSR count). The smallest absolute Gasteiger partial charge is 0.120 e. The van der Waals surface area contributed by atoms with E-state index in [0.29, 0.717) is 18.8 Å². The van der Waals surface area contributed by atoms with Crippen LogP contribution in [0.25, 0.3) is 0 Å². The van der Waals surface area contributed by atoms with E-state index in [0.717, 1.165) is 24.9 Å². The molecule has 3 nitrogen and oxygen atoms in total. The van der Waals surface area contributed by atoms with E-state index >= 15 is 0 Å². The van der Waals surface area contributed by atoms with E-state index in [-0.39, 0.29) is 6.10 Å². The maximum absolute atomic E-state index is 9.73. The fourth-order valence-corrected chi connectivity index (χ4v) is 1.86. The number of rotatable bonds is 7. The zero-order valence-electron chi connectivity index (χ0n) is 10.8. The number of aliphatic hydroxyl groups is 1. The second kappa shape index (κ2) is 7.30. The summed E-state index contributed by atoms with van der Waals surface area (Å²) in [6.45, 7) is 6.40. The van der Waals surface area contributed by atoms with E-state index in [1.165, 1.54) is 0 Å². The Kier molecular flexibility index (Phi) is 6.01. The van der Waals surface area contributed by atoms with Gasteiger partial charge in [0, 0.05) is 18.7 Å². The van der Waals surface area contributed by atoms with Crippen molar-refractivity contribution < 1.29 is 10.2 Å². The Morgan fingerprint density at radius 3 is 2.53 bits per heavy atom. The molecule has 1 aromatic carbocycles. The topological polar surface area (TPSA) is 43.7 Å². The predicted molar refractivity (Wildman–Crippen MR) is 70.0 cm³/mol. The summed E-state index contributed by atoms with van der Waals surface area (Å²) in [5.74, 6) is 0.333. The van der Waals surface area contributed by atoms with Gasteiger partial charge in [-0.3, -0.25) is 4.90 Å². The quantitative estimate of drug-likeness (QED) is 0.765. The highest BCUT2D eigenvalue weighted by Gasteiger charge is 2.11. The highest BCUT2D eigenvalue weighted by Crippen LogP contribution is 2.18. The molecule has 0 aliphatic heterocycles. The Bertz CT molecular complexity index is 328. The molecule has 0 amide bonds. The number of phenolic OH excluding ortho intramolecular Hbond substituents is 1. The maximum Gasteiger partial charge on any atom is 0.120 e. The Morgan fingerprint density at radius 1 is 1.24 bits per heavy atom. The standard InChI is InChI=1S/C14H23NO2/c1-3-9-15(11-13(16)4-2)10-12-7-5-6-8-14(12)17/h5-8,13,16-17H,3-4,9-11H2,1-2H3/t13-/m1/s1. The van der Waals surface area contributed by atoms with Crippen molar-refractivity contribution in [3.05, 3.63) is 29.8 Å². The number of aliphatic hydroxyl groups excluding tert-OH is 1. The number of hydrogen-bond acceptors (Lipinski definition) is 3. The van der Waals surface area contributed by atoms with Crippen LogP contribution in [0.5, 0.6) is 5.75 Å². The second-order valence-electron chi connectivity index (χ2n) is 4.43. The maximum atomic E-state index is 9.73. The minimum absolute atomic E-state index is 0.285. The van der Waals surface area contributed by atoms with Crippen LogP contribution in [0, 0.1) is 0 Å². The van der Waals surface area contributed by atoms with Gasteiger partial charge in [0.15, 0.2) is 0 Å². The van der Waals surface area contributed by atoms with Crippen LogP contribution >= 0.6 is 0 Å². The molecule has 0 aromatic heterocycles. The molecule has 0 radical (unpaired) electrons. The lowest BCUT2D eigenvalue weighted by molar-refractivity contribution is 0.105. The van der Waals surface area contributed by atoms with Crippen molar-refractivity contribution >= 4 is 0 Å². The van der Waals surface area contributed by atoms with Gasteiger partial charge in [0.2, 0.25) is 0 Å². The molecule has 1 aromatic rings. The van der Waals surface area contributed by atoms with Gasteiger partial charge in [-0.05, 0) is 25.5 Å². The van der Waals surface area contributed by atoms with Crippen molar-refractivity contribution in [3.8, 4) is 5.75 Å². The first-order chi connectivity index (χ1) is 8.17. The molecule has 0 fully saturated rings. The molecule has 0 aliphatic carbocycles. The fraction of sp³-hybridized carbons (Fsp3) is 0.571. The average Bonchev–Trinajstić information content (AvgIpc) is 2.32. The van der Waals surface area contributed by atoms with Gasteiger partial charge in [0.1, 0.15) is 5.75 Å². The monoisotopic (exact) mass is 237 g/mol. The third-order valence-corrected chi connectivity index (χ3v) is 2.87. The van der Waals surface area contributed by atoms with Gasteiger partial charge in [0.05, 0.1) is 6.10 Å². The van der Waals surface area contributed by atoms with Crippen LogP contribution in [0.4, 0.5) is 0 Å². The summed E-state index contributed by atoms with van der Waals surface area (Å²) in [5, 5.41) is 19.4. The average molecular weight is 237 g/mol. The third kappa shape index (κ3) is 4.75. The van der Waals surface area contributed by atoms with E-state index < -0.39 is 0 Å². The summed E-state index contributed by atoms with van der Waals surface area (Å²) in [5.41, 5.74) is 0.921. The SMILES string of the molecule is CCCN(Cc1ccccc1O)C[C@H](O)CC. The van der Waals surface area contributed by atoms with Gasteiger partial charge in [0.25, 0.3) is 0 Å². The Balaban J connectivity index is 2.63. The molecule has 2 N–H and O–H groups in total. The van der Waals surface area contributed by atoms with Crippen molar-refractivity contribution in [2.24, 2.45) is 0 Å². The number of para-hydroxylation sites is 1. The summed E-state index contributed by atoms with van der Waals surface area (Å²) < 4.78 is 0. The van der Waals surface area contributed by atoms with Crippen LogP contribution in [0.2, 0.25) is 0 Å². The predicted octanol–water partition coefficient (Wildman–Crippen LogP) is 2.38. The van der Waals surface area contributed by atoms with Gasteiger partial charge < -0.3 is 10.2 Å². The molecule has 0 aliphatic rings. The number of aromatic hydroxyl groups is 1. The van der Waals surface area contributed by atoms with Crippen molar-refractivity contribution in [2.75, 3.05) is 13.1 Å². The summed E-state index contributed by atoms with van der Waals surface area (Å²) in [4.78, 5) is 2.18. The largest absolute Gasteiger partial charge is 0.508 e. The minimum Gasteiger partial charge on any atom is -0.508 e. The number of benzene rings is 1. The molecular weight excluding hydrogens is 214 g/mol. The Hall–Kier alpha value is -1.06. The van der Waals surface area contributed by atoms with Gasteiger partial charge in [-0.2, -0.15) is 0 Å². The normalized spacial score (nSPS) is 12.9. The second-order valence-corrected chi connectivity index (χ2v) is 4.43. The van der Waals surface area contributed by atoms with Gasteiger partial charge in [-0.1, -0.05) is 32.0 Å². The fourth-order valence-electron chi connectivity index (χ4n) is 1.86. The zero-order chi connectivity index (χ0) is 12.7. The molecule has 0 bridgehead atoms. The van der Waals surface area contributed by atoms with Crippen molar-refractivity contribution in [1.82, 2.24) is 4.90 Å². The van der Waals surface area contributed by atoms with Crippen molar-refractivity contribution in [1.29, 1.82) is 0 Å². The van der Waals surface area contributed by atoms with E-state index in [1.807, 2.05) is 25.1 Å². The molecule has 3 heteroatoms. The lowest BCUT2D eigenvalue weighted by atomic mass is 10.1. The van der Waals surface area contributed by atoms with E-state index in [4.69, 9.17) is 0 Å². The van der Waals surface area contributed by atoms with E-state index in [2.05, 4.69) is 11.8 Å². The van der Waals surface area contributed by atoms with Gasteiger partial charge in [-0.15, -0.1) is 0 Å². The highest BCUT2D eigenvalue weighted by atomic mass is 16.3. The molecule has 1 atom stereocenters. The lowest BCUT2D eigenvalue weighted by Crippen LogP contribution is -2.32. The van der Waals surface area contributed by atoms with Crippen LogP contribution in [0.15, 0.2) is 24.3 Å². The minimum atomic E-state index is -0.285. The lowest BCUT2D eigenvalue weighted by Gasteiger charge is -2.24. The summed E-state index contributed by atoms with van der Waals surface area (Å²) in [6.07, 6.45) is 1.53. The van der Waals surface area contributed by atoms with E-state index in [1.54, 1.807) is 6.07 Å². The summed E-state index contributed by atoms with van der Waals surface area (Å²) in [7, 11) is 0. The molecule has 0 saturated heterocycles.